The number of amides is 1. The maximum Gasteiger partial charge on any atom is 0.307 e. The lowest BCUT2D eigenvalue weighted by Gasteiger charge is -2.27. The highest BCUT2D eigenvalue weighted by atomic mass is 32.3. The molecule has 5 nitrogen and oxygen atoms in total. The summed E-state index contributed by atoms with van der Waals surface area (Å²) in [5.41, 5.74) is 1.74. The van der Waals surface area contributed by atoms with E-state index in [4.69, 9.17) is 0 Å². The Balaban J connectivity index is 1.73. The fourth-order valence-electron chi connectivity index (χ4n) is 3.31. The smallest absolute Gasteiger partial charge is 0.307 e. The van der Waals surface area contributed by atoms with Crippen LogP contribution in [-0.4, -0.2) is 44.1 Å². The number of anilines is 1. The summed E-state index contributed by atoms with van der Waals surface area (Å²) in [5.74, 6) is -0.341. The largest absolute Gasteiger partial charge is 0.311 e. The number of piperidine rings is 1. The molecule has 2 aliphatic rings. The maximum atomic E-state index is 13.1. The summed E-state index contributed by atoms with van der Waals surface area (Å²) in [6, 6.07) is 7.53. The second kappa shape index (κ2) is 6.57. The van der Waals surface area contributed by atoms with Gasteiger partial charge in [0.25, 0.3) is 0 Å². The average Bonchev–Trinajstić information content (AvgIpc) is 2.91. The van der Waals surface area contributed by atoms with Crippen molar-refractivity contribution in [3.8, 4) is 0 Å². The zero-order chi connectivity index (χ0) is 16.4. The van der Waals surface area contributed by atoms with E-state index in [2.05, 4.69) is 4.90 Å². The number of hydrogen-bond acceptors (Lipinski definition) is 4. The van der Waals surface area contributed by atoms with Crippen LogP contribution in [0, 0.1) is 0 Å². The molecule has 1 aromatic rings. The lowest BCUT2D eigenvalue weighted by Crippen LogP contribution is -2.29. The molecule has 0 bridgehead atoms. The summed E-state index contributed by atoms with van der Waals surface area (Å²) in [4.78, 5) is 15.8. The Morgan fingerprint density at radius 3 is 2.57 bits per heavy atom. The van der Waals surface area contributed by atoms with Gasteiger partial charge in [0.05, 0.1) is 0 Å². The summed E-state index contributed by atoms with van der Waals surface area (Å²) in [7, 11) is -4.68. The van der Waals surface area contributed by atoms with Crippen molar-refractivity contribution >= 4 is 21.8 Å². The molecule has 2 fully saturated rings. The van der Waals surface area contributed by atoms with Crippen molar-refractivity contribution in [3.63, 3.8) is 0 Å². The van der Waals surface area contributed by atoms with E-state index in [-0.39, 0.29) is 18.9 Å². The van der Waals surface area contributed by atoms with Crippen LogP contribution in [0.3, 0.4) is 0 Å². The third-order valence-electron chi connectivity index (χ3n) is 4.56. The molecule has 0 aromatic heterocycles. The predicted octanol–water partition coefficient (Wildman–Crippen LogP) is 2.08. The second-order valence-electron chi connectivity index (χ2n) is 6.31. The number of carbonyl (C=O) groups excluding carboxylic acids is 1. The average molecular weight is 340 g/mol. The molecule has 0 saturated carbocycles. The van der Waals surface area contributed by atoms with Crippen molar-refractivity contribution in [2.45, 2.75) is 37.5 Å². The van der Waals surface area contributed by atoms with E-state index in [1.54, 1.807) is 6.07 Å². The van der Waals surface area contributed by atoms with Crippen LogP contribution in [-0.2, 0) is 21.6 Å². The van der Waals surface area contributed by atoms with Gasteiger partial charge in [0.1, 0.15) is 5.25 Å². The Hall–Kier alpha value is -1.47. The van der Waals surface area contributed by atoms with Crippen LogP contribution in [0.1, 0.15) is 31.2 Å². The highest BCUT2D eigenvalue weighted by molar-refractivity contribution is 7.87. The molecule has 2 heterocycles. The molecular weight excluding hydrogens is 319 g/mol. The van der Waals surface area contributed by atoms with Crippen molar-refractivity contribution in [2.75, 3.05) is 24.5 Å². The number of nitrogens with zero attached hydrogens (tertiary/aromatic N) is 2. The molecule has 7 heteroatoms. The van der Waals surface area contributed by atoms with Crippen molar-refractivity contribution in [1.82, 2.24) is 4.90 Å². The number of likely N-dealkylation sites (tertiary alicyclic amines) is 1. The molecule has 0 N–H and O–H groups in total. The minimum absolute atomic E-state index is 0.106. The van der Waals surface area contributed by atoms with E-state index >= 15 is 0 Å². The molecule has 1 aromatic carbocycles. The lowest BCUT2D eigenvalue weighted by atomic mass is 10.1. The maximum absolute atomic E-state index is 13.1. The molecule has 126 valence electrons. The third-order valence-corrected chi connectivity index (χ3v) is 5.68. The van der Waals surface area contributed by atoms with Crippen LogP contribution in [0.15, 0.2) is 24.3 Å². The molecule has 2 saturated heterocycles. The van der Waals surface area contributed by atoms with Gasteiger partial charge >= 0.3 is 10.2 Å². The normalized spacial score (nSPS) is 23.4. The third kappa shape index (κ3) is 3.90. The topological polar surface area (TPSA) is 57.7 Å². The van der Waals surface area contributed by atoms with Gasteiger partial charge < -0.3 is 4.90 Å². The van der Waals surface area contributed by atoms with Crippen LogP contribution in [0.4, 0.5) is 9.57 Å². The van der Waals surface area contributed by atoms with Gasteiger partial charge in [0, 0.05) is 25.2 Å². The summed E-state index contributed by atoms with van der Waals surface area (Å²) < 4.78 is 35.2. The molecular formula is C16H21FN2O3S. The number of rotatable bonds is 4. The molecule has 23 heavy (non-hydrogen) atoms. The fraction of sp³-hybridized carbons (Fsp3) is 0.562. The monoisotopic (exact) mass is 340 g/mol. The van der Waals surface area contributed by atoms with Crippen LogP contribution in [0.2, 0.25) is 0 Å². The zero-order valence-corrected chi connectivity index (χ0v) is 13.8. The summed E-state index contributed by atoms with van der Waals surface area (Å²) >= 11 is 0. The minimum Gasteiger partial charge on any atom is -0.311 e. The van der Waals surface area contributed by atoms with Crippen molar-refractivity contribution in [1.29, 1.82) is 0 Å². The molecule has 1 atom stereocenters. The van der Waals surface area contributed by atoms with Gasteiger partial charge in [-0.2, -0.15) is 8.42 Å². The first-order chi connectivity index (χ1) is 10.9. The first-order valence-corrected chi connectivity index (χ1v) is 9.43. The van der Waals surface area contributed by atoms with E-state index in [9.17, 15) is 17.1 Å². The van der Waals surface area contributed by atoms with Gasteiger partial charge in [-0.25, -0.2) is 0 Å². The Kier molecular flexibility index (Phi) is 4.68. The summed E-state index contributed by atoms with van der Waals surface area (Å²) in [6.07, 6.45) is 3.41. The number of benzene rings is 1. The van der Waals surface area contributed by atoms with Crippen LogP contribution in [0.5, 0.6) is 0 Å². The molecule has 2 aliphatic heterocycles. The number of carbonyl (C=O) groups is 1. The van der Waals surface area contributed by atoms with Gasteiger partial charge in [0.2, 0.25) is 5.91 Å². The zero-order valence-electron chi connectivity index (χ0n) is 12.9. The summed E-state index contributed by atoms with van der Waals surface area (Å²) in [6.45, 7) is 2.87. The Morgan fingerprint density at radius 2 is 1.91 bits per heavy atom. The highest BCUT2D eigenvalue weighted by Gasteiger charge is 2.39. The quantitative estimate of drug-likeness (QED) is 0.788. The van der Waals surface area contributed by atoms with E-state index in [1.165, 1.54) is 24.2 Å². The summed E-state index contributed by atoms with van der Waals surface area (Å²) in [5, 5.41) is -1.25. The first-order valence-electron chi connectivity index (χ1n) is 7.98. The molecule has 1 unspecified atom stereocenters. The number of hydrogen-bond donors (Lipinski definition) is 0. The minimum atomic E-state index is -4.68. The van der Waals surface area contributed by atoms with Crippen LogP contribution in [0.25, 0.3) is 0 Å². The predicted molar refractivity (Wildman–Crippen MR) is 86.4 cm³/mol. The van der Waals surface area contributed by atoms with Gasteiger partial charge in [-0.3, -0.25) is 9.69 Å². The molecule has 3 rings (SSSR count). The fourth-order valence-corrected chi connectivity index (χ4v) is 3.98. The second-order valence-corrected chi connectivity index (χ2v) is 7.93. The van der Waals surface area contributed by atoms with E-state index < -0.39 is 15.5 Å². The molecule has 0 aliphatic carbocycles. The molecule has 0 radical (unpaired) electrons. The van der Waals surface area contributed by atoms with E-state index in [0.717, 1.165) is 25.2 Å². The van der Waals surface area contributed by atoms with Crippen LogP contribution < -0.4 is 4.90 Å². The van der Waals surface area contributed by atoms with Crippen molar-refractivity contribution in [3.05, 3.63) is 29.8 Å². The van der Waals surface area contributed by atoms with E-state index in [1.807, 2.05) is 18.2 Å². The molecule has 0 spiro atoms. The first kappa shape index (κ1) is 16.4. The highest BCUT2D eigenvalue weighted by Crippen LogP contribution is 2.27. The van der Waals surface area contributed by atoms with E-state index in [0.29, 0.717) is 5.69 Å². The standard InChI is InChI=1S/C16H21FN2O3S/c17-23(21,22)15-10-16(20)19(12-15)14-6-4-5-13(9-14)11-18-7-2-1-3-8-18/h4-6,9,15H,1-3,7-8,10-12H2. The number of halogens is 1. The lowest BCUT2D eigenvalue weighted by molar-refractivity contribution is -0.117. The Labute approximate surface area is 136 Å². The Morgan fingerprint density at radius 1 is 1.17 bits per heavy atom. The van der Waals surface area contributed by atoms with Gasteiger partial charge in [-0.15, -0.1) is 3.89 Å². The van der Waals surface area contributed by atoms with Gasteiger partial charge in [-0.1, -0.05) is 18.6 Å². The molecule has 1 amide bonds. The van der Waals surface area contributed by atoms with Crippen molar-refractivity contribution in [2.24, 2.45) is 0 Å². The Bertz CT molecular complexity index is 686. The SMILES string of the molecule is O=C1CC(S(=O)(=O)F)CN1c1cccc(CN2CCCCC2)c1. The van der Waals surface area contributed by atoms with Gasteiger partial charge in [-0.05, 0) is 43.6 Å². The van der Waals surface area contributed by atoms with Gasteiger partial charge in [0.15, 0.2) is 0 Å². The van der Waals surface area contributed by atoms with Crippen molar-refractivity contribution < 1.29 is 17.1 Å². The van der Waals surface area contributed by atoms with Crippen LogP contribution >= 0.6 is 0 Å².